The first-order valence-corrected chi connectivity index (χ1v) is 9.08. The maximum atomic E-state index is 13.4. The van der Waals surface area contributed by atoms with Crippen LogP contribution in [0.4, 0.5) is 10.1 Å². The highest BCUT2D eigenvalue weighted by molar-refractivity contribution is 7.92. The Morgan fingerprint density at radius 3 is 2.52 bits per heavy atom. The molecule has 0 aromatic heterocycles. The van der Waals surface area contributed by atoms with Crippen LogP contribution in [0.5, 0.6) is 0 Å². The van der Waals surface area contributed by atoms with Crippen LogP contribution in [-0.4, -0.2) is 39.3 Å². The van der Waals surface area contributed by atoms with Crippen LogP contribution in [0.15, 0.2) is 23.1 Å². The number of nitrogens with zero attached hydrogens (tertiary/aromatic N) is 1. The molecule has 21 heavy (non-hydrogen) atoms. The zero-order valence-electron chi connectivity index (χ0n) is 10.5. The predicted octanol–water partition coefficient (Wildman–Crippen LogP) is 0.199. The van der Waals surface area contributed by atoms with E-state index in [1.165, 1.54) is 0 Å². The maximum Gasteiger partial charge on any atom is 0.304 e. The molecular weight excluding hydrogens is 327 g/mol. The van der Waals surface area contributed by atoms with Crippen LogP contribution in [0.25, 0.3) is 0 Å². The highest BCUT2D eigenvalue weighted by atomic mass is 32.2. The van der Waals surface area contributed by atoms with Crippen molar-refractivity contribution in [3.05, 3.63) is 34.1 Å². The predicted molar refractivity (Wildman–Crippen MR) is 70.4 cm³/mol. The molecule has 11 heteroatoms. The van der Waals surface area contributed by atoms with Crippen LogP contribution >= 0.6 is 0 Å². The molecule has 0 amide bonds. The van der Waals surface area contributed by atoms with Crippen LogP contribution in [0.3, 0.4) is 0 Å². The molecule has 1 N–H and O–H groups in total. The third kappa shape index (κ3) is 3.54. The zero-order valence-corrected chi connectivity index (χ0v) is 12.2. The Kier molecular flexibility index (Phi) is 4.00. The van der Waals surface area contributed by atoms with E-state index in [1.54, 1.807) is 0 Å². The summed E-state index contributed by atoms with van der Waals surface area (Å²) < 4.78 is 62.1. The molecule has 1 fully saturated rings. The Labute approximate surface area is 120 Å². The van der Waals surface area contributed by atoms with Crippen molar-refractivity contribution in [1.82, 2.24) is 4.72 Å². The Morgan fingerprint density at radius 2 is 2.05 bits per heavy atom. The van der Waals surface area contributed by atoms with Gasteiger partial charge in [0, 0.05) is 18.2 Å². The molecule has 2 rings (SSSR count). The SMILES string of the molecule is O=[N+]([O-])c1ccc(S(=O)(=O)NC2CCS(=O)(=O)C2)cc1F. The lowest BCUT2D eigenvalue weighted by Gasteiger charge is -2.11. The molecule has 1 aromatic rings. The lowest BCUT2D eigenvalue weighted by molar-refractivity contribution is -0.387. The summed E-state index contributed by atoms with van der Waals surface area (Å²) in [6.45, 7) is 0. The number of nitrogens with one attached hydrogen (secondary N) is 1. The van der Waals surface area contributed by atoms with Gasteiger partial charge in [0.25, 0.3) is 0 Å². The van der Waals surface area contributed by atoms with Gasteiger partial charge in [0.05, 0.1) is 21.3 Å². The van der Waals surface area contributed by atoms with Gasteiger partial charge in [0.2, 0.25) is 15.8 Å². The molecule has 1 unspecified atom stereocenters. The van der Waals surface area contributed by atoms with Gasteiger partial charge in [-0.05, 0) is 12.5 Å². The van der Waals surface area contributed by atoms with Crippen molar-refractivity contribution < 1.29 is 26.1 Å². The lowest BCUT2D eigenvalue weighted by atomic mass is 10.3. The Bertz CT molecular complexity index is 790. The number of hydrogen-bond donors (Lipinski definition) is 1. The van der Waals surface area contributed by atoms with E-state index in [0.717, 1.165) is 12.1 Å². The van der Waals surface area contributed by atoms with E-state index in [1.807, 2.05) is 0 Å². The van der Waals surface area contributed by atoms with E-state index >= 15 is 0 Å². The number of nitro benzene ring substituents is 1. The first-order valence-electron chi connectivity index (χ1n) is 5.77. The highest BCUT2D eigenvalue weighted by Gasteiger charge is 2.32. The summed E-state index contributed by atoms with van der Waals surface area (Å²) >= 11 is 0. The van der Waals surface area contributed by atoms with Crippen molar-refractivity contribution in [3.63, 3.8) is 0 Å². The molecule has 8 nitrogen and oxygen atoms in total. The average Bonchev–Trinajstić information content (AvgIpc) is 2.67. The highest BCUT2D eigenvalue weighted by Crippen LogP contribution is 2.22. The molecule has 116 valence electrons. The van der Waals surface area contributed by atoms with Crippen LogP contribution in [0, 0.1) is 15.9 Å². The third-order valence-corrected chi connectivity index (χ3v) is 6.27. The molecule has 0 radical (unpaired) electrons. The van der Waals surface area contributed by atoms with Gasteiger partial charge < -0.3 is 0 Å². The fourth-order valence-electron chi connectivity index (χ4n) is 1.98. The molecule has 1 aliphatic heterocycles. The monoisotopic (exact) mass is 338 g/mol. The number of hydrogen-bond acceptors (Lipinski definition) is 6. The summed E-state index contributed by atoms with van der Waals surface area (Å²) in [5, 5.41) is 10.5. The molecule has 1 saturated heterocycles. The van der Waals surface area contributed by atoms with Gasteiger partial charge in [-0.15, -0.1) is 0 Å². The third-order valence-electron chi connectivity index (χ3n) is 2.98. The van der Waals surface area contributed by atoms with Crippen molar-refractivity contribution >= 4 is 25.5 Å². The van der Waals surface area contributed by atoms with Crippen molar-refractivity contribution in [3.8, 4) is 0 Å². The van der Waals surface area contributed by atoms with E-state index in [2.05, 4.69) is 4.72 Å². The minimum absolute atomic E-state index is 0.116. The van der Waals surface area contributed by atoms with Crippen molar-refractivity contribution in [2.24, 2.45) is 0 Å². The number of rotatable bonds is 4. The summed E-state index contributed by atoms with van der Waals surface area (Å²) in [4.78, 5) is 9.01. The fraction of sp³-hybridized carbons (Fsp3) is 0.400. The normalized spacial score (nSPS) is 21.3. The van der Waals surface area contributed by atoms with Crippen LogP contribution in [0.2, 0.25) is 0 Å². The van der Waals surface area contributed by atoms with E-state index < -0.39 is 47.2 Å². The minimum Gasteiger partial charge on any atom is -0.258 e. The molecule has 0 aliphatic carbocycles. The number of nitro groups is 1. The topological polar surface area (TPSA) is 123 Å². The summed E-state index contributed by atoms with van der Waals surface area (Å²) in [5.41, 5.74) is -0.836. The molecule has 1 aromatic carbocycles. The molecule has 1 atom stereocenters. The van der Waals surface area contributed by atoms with Crippen LogP contribution in [-0.2, 0) is 19.9 Å². The summed E-state index contributed by atoms with van der Waals surface area (Å²) in [7, 11) is -7.40. The van der Waals surface area contributed by atoms with E-state index in [4.69, 9.17) is 0 Å². The Morgan fingerprint density at radius 1 is 1.38 bits per heavy atom. The summed E-state index contributed by atoms with van der Waals surface area (Å²) in [5.74, 6) is -1.71. The van der Waals surface area contributed by atoms with Crippen molar-refractivity contribution in [2.75, 3.05) is 11.5 Å². The zero-order chi connectivity index (χ0) is 15.8. The van der Waals surface area contributed by atoms with Crippen molar-refractivity contribution in [2.45, 2.75) is 17.4 Å². The van der Waals surface area contributed by atoms with Gasteiger partial charge in [-0.1, -0.05) is 0 Å². The van der Waals surface area contributed by atoms with E-state index in [9.17, 15) is 31.3 Å². The molecule has 0 spiro atoms. The van der Waals surface area contributed by atoms with Crippen LogP contribution < -0.4 is 4.72 Å². The van der Waals surface area contributed by atoms with Gasteiger partial charge >= 0.3 is 5.69 Å². The number of sulfone groups is 1. The molecular formula is C10H11FN2O6S2. The second kappa shape index (κ2) is 5.31. The first kappa shape index (κ1) is 15.8. The number of benzene rings is 1. The lowest BCUT2D eigenvalue weighted by Crippen LogP contribution is -2.35. The van der Waals surface area contributed by atoms with E-state index in [-0.39, 0.29) is 17.9 Å². The Hall–Kier alpha value is -1.59. The second-order valence-electron chi connectivity index (χ2n) is 4.59. The molecule has 0 bridgehead atoms. The van der Waals surface area contributed by atoms with Gasteiger partial charge in [0.1, 0.15) is 0 Å². The Balaban J connectivity index is 2.24. The quantitative estimate of drug-likeness (QED) is 0.618. The van der Waals surface area contributed by atoms with E-state index in [0.29, 0.717) is 6.07 Å². The first-order chi connectivity index (χ1) is 9.61. The fourth-order valence-corrected chi connectivity index (χ4v) is 5.04. The summed E-state index contributed by atoms with van der Waals surface area (Å²) in [6.07, 6.45) is 0.136. The molecule has 1 aliphatic rings. The van der Waals surface area contributed by atoms with Crippen LogP contribution in [0.1, 0.15) is 6.42 Å². The largest absolute Gasteiger partial charge is 0.304 e. The number of halogens is 1. The standard InChI is InChI=1S/C10H11FN2O6S2/c11-9-5-8(1-2-10(9)13(14)15)21(18,19)12-7-3-4-20(16,17)6-7/h1-2,5,7,12H,3-4,6H2. The molecule has 0 saturated carbocycles. The smallest absolute Gasteiger partial charge is 0.258 e. The van der Waals surface area contributed by atoms with Gasteiger partial charge in [-0.25, -0.2) is 21.6 Å². The van der Waals surface area contributed by atoms with Gasteiger partial charge in [-0.2, -0.15) is 4.39 Å². The van der Waals surface area contributed by atoms with Gasteiger partial charge in [0.15, 0.2) is 9.84 Å². The summed E-state index contributed by atoms with van der Waals surface area (Å²) in [6, 6.07) is 1.39. The number of sulfonamides is 1. The average molecular weight is 338 g/mol. The van der Waals surface area contributed by atoms with Gasteiger partial charge in [-0.3, -0.25) is 10.1 Å². The maximum absolute atomic E-state index is 13.4. The van der Waals surface area contributed by atoms with Crippen molar-refractivity contribution in [1.29, 1.82) is 0 Å². The molecule has 1 heterocycles. The minimum atomic E-state index is -4.14. The second-order valence-corrected chi connectivity index (χ2v) is 8.53.